The minimum absolute atomic E-state index is 0.331. The summed E-state index contributed by atoms with van der Waals surface area (Å²) in [5.74, 6) is -0.687. The van der Waals surface area contributed by atoms with Crippen molar-refractivity contribution in [3.8, 4) is 0 Å². The Bertz CT molecular complexity index is 491. The van der Waals surface area contributed by atoms with E-state index in [1.165, 1.54) is 7.11 Å². The number of amides is 1. The van der Waals surface area contributed by atoms with Crippen molar-refractivity contribution < 1.29 is 19.1 Å². The molecule has 0 fully saturated rings. The maximum atomic E-state index is 12.0. The van der Waals surface area contributed by atoms with Gasteiger partial charge in [-0.25, -0.2) is 9.59 Å². The molecule has 0 saturated heterocycles. The molecule has 1 N–H and O–H groups in total. The third-order valence-electron chi connectivity index (χ3n) is 2.70. The average Bonchev–Trinajstić information content (AvgIpc) is 2.49. The van der Waals surface area contributed by atoms with Gasteiger partial charge in [0.25, 0.3) is 0 Å². The highest BCUT2D eigenvalue weighted by atomic mass is 35.6. The van der Waals surface area contributed by atoms with Crippen LogP contribution in [0.3, 0.4) is 0 Å². The normalized spacial score (nSPS) is 12.4. The lowest BCUT2D eigenvalue weighted by molar-refractivity contribution is -0.146. The second kappa shape index (κ2) is 9.08. The number of halogens is 3. The fourth-order valence-corrected chi connectivity index (χ4v) is 1.82. The molecule has 0 aliphatic heterocycles. The van der Waals surface area contributed by atoms with Crippen LogP contribution in [0, 0.1) is 0 Å². The predicted molar refractivity (Wildman–Crippen MR) is 85.3 cm³/mol. The van der Waals surface area contributed by atoms with Gasteiger partial charge in [0.1, 0.15) is 12.6 Å². The molecule has 1 atom stereocenters. The van der Waals surface area contributed by atoms with Crippen molar-refractivity contribution in [3.05, 3.63) is 35.9 Å². The zero-order chi connectivity index (χ0) is 16.6. The van der Waals surface area contributed by atoms with Crippen LogP contribution in [0.15, 0.2) is 30.3 Å². The average molecular weight is 369 g/mol. The number of hydrogen-bond acceptors (Lipinski definition) is 4. The molecule has 0 aliphatic rings. The topological polar surface area (TPSA) is 64.6 Å². The molecule has 0 heterocycles. The van der Waals surface area contributed by atoms with Gasteiger partial charge < -0.3 is 14.8 Å². The first-order chi connectivity index (χ1) is 10.3. The molecule has 1 rings (SSSR count). The maximum Gasteiger partial charge on any atom is 0.407 e. The molecule has 22 heavy (non-hydrogen) atoms. The number of benzene rings is 1. The molecule has 0 aliphatic carbocycles. The number of nitrogens with one attached hydrogen (secondary N) is 1. The van der Waals surface area contributed by atoms with Gasteiger partial charge in [-0.15, -0.1) is 0 Å². The summed E-state index contributed by atoms with van der Waals surface area (Å²) in [5, 5.41) is 2.41. The van der Waals surface area contributed by atoms with Crippen molar-refractivity contribution >= 4 is 46.9 Å². The predicted octanol–water partition coefficient (Wildman–Crippen LogP) is 3.26. The smallest absolute Gasteiger partial charge is 0.407 e. The first-order valence-corrected chi connectivity index (χ1v) is 7.57. The minimum atomic E-state index is -1.70. The number of alkyl carbamates (subject to hydrolysis) is 1. The van der Waals surface area contributed by atoms with E-state index < -0.39 is 28.5 Å². The van der Waals surface area contributed by atoms with E-state index in [4.69, 9.17) is 39.5 Å². The number of aryl methyl sites for hydroxylation is 1. The van der Waals surface area contributed by atoms with Gasteiger partial charge in [0.15, 0.2) is 0 Å². The lowest BCUT2D eigenvalue weighted by Gasteiger charge is -2.18. The first-order valence-electron chi connectivity index (χ1n) is 6.43. The van der Waals surface area contributed by atoms with Crippen LogP contribution in [-0.4, -0.2) is 35.6 Å². The summed E-state index contributed by atoms with van der Waals surface area (Å²) >= 11 is 16.6. The van der Waals surface area contributed by atoms with Gasteiger partial charge in [0.2, 0.25) is 3.79 Å². The van der Waals surface area contributed by atoms with E-state index in [-0.39, 0.29) is 0 Å². The summed E-state index contributed by atoms with van der Waals surface area (Å²) in [4.78, 5) is 23.3. The molecular weight excluding hydrogens is 353 g/mol. The summed E-state index contributed by atoms with van der Waals surface area (Å²) in [5.41, 5.74) is 1.02. The number of ether oxygens (including phenoxy) is 2. The van der Waals surface area contributed by atoms with Gasteiger partial charge in [0, 0.05) is 0 Å². The molecular formula is C14H16Cl3NO4. The highest BCUT2D eigenvalue weighted by Crippen LogP contribution is 2.26. The summed E-state index contributed by atoms with van der Waals surface area (Å²) in [6.45, 7) is -0.402. The number of methoxy groups -OCH3 is 1. The van der Waals surface area contributed by atoms with Crippen LogP contribution in [0.5, 0.6) is 0 Å². The Kier molecular flexibility index (Phi) is 7.79. The summed E-state index contributed by atoms with van der Waals surface area (Å²) in [6.07, 6.45) is 0.166. The Labute approximate surface area is 143 Å². The van der Waals surface area contributed by atoms with Crippen LogP contribution in [0.1, 0.15) is 12.0 Å². The highest BCUT2D eigenvalue weighted by molar-refractivity contribution is 6.67. The quantitative estimate of drug-likeness (QED) is 0.618. The maximum absolute atomic E-state index is 12.0. The molecule has 0 saturated carbocycles. The SMILES string of the molecule is COC(=O)NC(CCc1ccccc1)C(=O)OCC(Cl)(Cl)Cl. The van der Waals surface area contributed by atoms with Crippen molar-refractivity contribution in [2.45, 2.75) is 22.7 Å². The van der Waals surface area contributed by atoms with Crippen LogP contribution < -0.4 is 5.32 Å². The molecule has 0 radical (unpaired) electrons. The third kappa shape index (κ3) is 7.73. The molecule has 1 unspecified atom stereocenters. The summed E-state index contributed by atoms with van der Waals surface area (Å²) in [6, 6.07) is 8.62. The summed E-state index contributed by atoms with van der Waals surface area (Å²) < 4.78 is 7.69. The second-order valence-electron chi connectivity index (χ2n) is 4.44. The molecule has 5 nitrogen and oxygen atoms in total. The lowest BCUT2D eigenvalue weighted by Crippen LogP contribution is -2.42. The van der Waals surface area contributed by atoms with Crippen molar-refractivity contribution in [2.24, 2.45) is 0 Å². The molecule has 0 aromatic heterocycles. The Morgan fingerprint density at radius 1 is 1.23 bits per heavy atom. The van der Waals surface area contributed by atoms with E-state index in [0.717, 1.165) is 5.56 Å². The van der Waals surface area contributed by atoms with Gasteiger partial charge in [-0.1, -0.05) is 65.1 Å². The van der Waals surface area contributed by atoms with Gasteiger partial charge in [-0.05, 0) is 18.4 Å². The molecule has 122 valence electrons. The van der Waals surface area contributed by atoms with Crippen molar-refractivity contribution in [2.75, 3.05) is 13.7 Å². The molecule has 1 amide bonds. The minimum Gasteiger partial charge on any atom is -0.460 e. The number of carbonyl (C=O) groups is 2. The standard InChI is InChI=1S/C14H16Cl3NO4/c1-21-13(20)18-11(12(19)22-9-14(15,16)17)8-7-10-5-3-2-4-6-10/h2-6,11H,7-9H2,1H3,(H,18,20). The van der Waals surface area contributed by atoms with E-state index in [1.54, 1.807) is 0 Å². The second-order valence-corrected chi connectivity index (χ2v) is 6.95. The van der Waals surface area contributed by atoms with E-state index in [2.05, 4.69) is 10.1 Å². The summed E-state index contributed by atoms with van der Waals surface area (Å²) in [7, 11) is 1.20. The number of rotatable bonds is 6. The van der Waals surface area contributed by atoms with Gasteiger partial charge in [-0.2, -0.15) is 0 Å². The van der Waals surface area contributed by atoms with Gasteiger partial charge in [0.05, 0.1) is 7.11 Å². The van der Waals surface area contributed by atoms with Crippen molar-refractivity contribution in [1.29, 1.82) is 0 Å². The van der Waals surface area contributed by atoms with Crippen LogP contribution >= 0.6 is 34.8 Å². The zero-order valence-electron chi connectivity index (χ0n) is 11.9. The molecule has 1 aromatic carbocycles. The fraction of sp³-hybridized carbons (Fsp3) is 0.429. The number of esters is 1. The largest absolute Gasteiger partial charge is 0.460 e. The van der Waals surface area contributed by atoms with Crippen LogP contribution in [0.2, 0.25) is 0 Å². The number of hydrogen-bond donors (Lipinski definition) is 1. The van der Waals surface area contributed by atoms with Crippen LogP contribution in [0.25, 0.3) is 0 Å². The van der Waals surface area contributed by atoms with Gasteiger partial charge >= 0.3 is 12.1 Å². The Balaban J connectivity index is 2.62. The third-order valence-corrected chi connectivity index (χ3v) is 3.03. The van der Waals surface area contributed by atoms with E-state index >= 15 is 0 Å². The monoisotopic (exact) mass is 367 g/mol. The van der Waals surface area contributed by atoms with Crippen LogP contribution in [0.4, 0.5) is 4.79 Å². The Morgan fingerprint density at radius 3 is 2.41 bits per heavy atom. The van der Waals surface area contributed by atoms with E-state index in [1.807, 2.05) is 30.3 Å². The van der Waals surface area contributed by atoms with Crippen LogP contribution in [-0.2, 0) is 20.7 Å². The Morgan fingerprint density at radius 2 is 1.86 bits per heavy atom. The molecule has 0 spiro atoms. The van der Waals surface area contributed by atoms with E-state index in [9.17, 15) is 9.59 Å². The molecule has 1 aromatic rings. The highest BCUT2D eigenvalue weighted by Gasteiger charge is 2.27. The van der Waals surface area contributed by atoms with Crippen molar-refractivity contribution in [3.63, 3.8) is 0 Å². The van der Waals surface area contributed by atoms with Crippen molar-refractivity contribution in [1.82, 2.24) is 5.32 Å². The molecule has 0 bridgehead atoms. The zero-order valence-corrected chi connectivity index (χ0v) is 14.1. The lowest BCUT2D eigenvalue weighted by atomic mass is 10.1. The number of alkyl halides is 3. The fourth-order valence-electron chi connectivity index (χ4n) is 1.66. The first kappa shape index (κ1) is 18.9. The molecule has 8 heteroatoms. The van der Waals surface area contributed by atoms with E-state index in [0.29, 0.717) is 12.8 Å². The van der Waals surface area contributed by atoms with Gasteiger partial charge in [-0.3, -0.25) is 0 Å². The number of carbonyl (C=O) groups excluding carboxylic acids is 2. The Hall–Kier alpha value is -1.17.